The number of hydrogen-bond acceptors (Lipinski definition) is 7. The number of ketones is 1. The lowest BCUT2D eigenvalue weighted by atomic mass is 9.44. The first-order valence-corrected chi connectivity index (χ1v) is 16.5. The number of ether oxygens (including phenoxy) is 1. The molecule has 1 amide bonds. The van der Waals surface area contributed by atoms with Gasteiger partial charge in [-0.15, -0.1) is 18.3 Å². The number of thioether (sulfide) groups is 1. The molecule has 0 aromatic carbocycles. The monoisotopic (exact) mass is 575 g/mol. The number of hydrogen-bond donors (Lipinski definition) is 3. The Labute approximate surface area is 243 Å². The number of carbonyl (C=O) groups excluding carboxylic acids is 3. The highest BCUT2D eigenvalue weighted by Crippen LogP contribution is 2.68. The van der Waals surface area contributed by atoms with Crippen LogP contribution in [0.1, 0.15) is 91.9 Å². The zero-order chi connectivity index (χ0) is 29.0. The third-order valence-electron chi connectivity index (χ3n) is 12.0. The summed E-state index contributed by atoms with van der Waals surface area (Å²) >= 11 is 1.40. The highest BCUT2D eigenvalue weighted by Gasteiger charge is 2.68. The smallest absolute Gasteiger partial charge is 0.316 e. The Morgan fingerprint density at radius 1 is 1.12 bits per heavy atom. The van der Waals surface area contributed by atoms with Gasteiger partial charge in [0.2, 0.25) is 5.91 Å². The average Bonchev–Trinajstić information content (AvgIpc) is 3.72. The van der Waals surface area contributed by atoms with E-state index in [0.29, 0.717) is 25.7 Å². The van der Waals surface area contributed by atoms with Crippen LogP contribution in [0.25, 0.3) is 0 Å². The lowest BCUT2D eigenvalue weighted by Crippen LogP contribution is -2.63. The number of aliphatic hydroxyl groups is 2. The first kappa shape index (κ1) is 30.1. The molecule has 2 unspecified atom stereocenters. The zero-order valence-corrected chi connectivity index (χ0v) is 25.5. The van der Waals surface area contributed by atoms with E-state index in [0.717, 1.165) is 38.5 Å². The first-order valence-electron chi connectivity index (χ1n) is 15.5. The summed E-state index contributed by atoms with van der Waals surface area (Å²) in [5.74, 6) is 0.129. The summed E-state index contributed by atoms with van der Waals surface area (Å²) in [6.45, 7) is 12.5. The molecular weight excluding hydrogens is 526 g/mol. The molecule has 0 spiro atoms. The van der Waals surface area contributed by atoms with E-state index >= 15 is 0 Å². The van der Waals surface area contributed by atoms with Crippen LogP contribution in [-0.2, 0) is 19.1 Å². The van der Waals surface area contributed by atoms with Crippen molar-refractivity contribution >= 4 is 29.4 Å². The Kier molecular flexibility index (Phi) is 8.30. The molecule has 2 bridgehead atoms. The van der Waals surface area contributed by atoms with Crippen LogP contribution in [0.15, 0.2) is 12.7 Å². The number of carbonyl (C=O) groups is 3. The summed E-state index contributed by atoms with van der Waals surface area (Å²) in [6.07, 6.45) is 7.51. The van der Waals surface area contributed by atoms with E-state index in [-0.39, 0.29) is 63.8 Å². The van der Waals surface area contributed by atoms with Gasteiger partial charge in [-0.3, -0.25) is 14.4 Å². The van der Waals surface area contributed by atoms with Crippen molar-refractivity contribution < 1.29 is 29.3 Å². The van der Waals surface area contributed by atoms with E-state index in [1.165, 1.54) is 11.8 Å². The fourth-order valence-corrected chi connectivity index (χ4v) is 10.1. The van der Waals surface area contributed by atoms with E-state index in [4.69, 9.17) is 4.74 Å². The third-order valence-corrected chi connectivity index (χ3v) is 13.4. The van der Waals surface area contributed by atoms with Crippen molar-refractivity contribution in [1.82, 2.24) is 5.32 Å². The normalized spacial score (nSPS) is 47.0. The molecule has 0 heterocycles. The Bertz CT molecular complexity index is 1030. The van der Waals surface area contributed by atoms with Crippen LogP contribution in [0.5, 0.6) is 0 Å². The van der Waals surface area contributed by atoms with Crippen LogP contribution in [-0.4, -0.2) is 63.2 Å². The van der Waals surface area contributed by atoms with Crippen LogP contribution < -0.4 is 5.32 Å². The van der Waals surface area contributed by atoms with Crippen molar-refractivity contribution in [2.75, 3.05) is 5.75 Å². The van der Waals surface area contributed by atoms with E-state index in [1.807, 2.05) is 13.0 Å². The first-order chi connectivity index (χ1) is 18.9. The molecule has 5 fully saturated rings. The van der Waals surface area contributed by atoms with Crippen LogP contribution in [0.4, 0.5) is 0 Å². The molecule has 0 saturated heterocycles. The highest BCUT2D eigenvalue weighted by atomic mass is 32.2. The highest BCUT2D eigenvalue weighted by molar-refractivity contribution is 8.00. The number of esters is 1. The third kappa shape index (κ3) is 5.08. The minimum absolute atomic E-state index is 0.0240. The van der Waals surface area contributed by atoms with Crippen molar-refractivity contribution in [3.8, 4) is 0 Å². The van der Waals surface area contributed by atoms with Gasteiger partial charge in [-0.05, 0) is 75.0 Å². The maximum absolute atomic E-state index is 13.6. The lowest BCUT2D eigenvalue weighted by Gasteiger charge is -2.61. The Morgan fingerprint density at radius 2 is 1.85 bits per heavy atom. The molecule has 8 heteroatoms. The lowest BCUT2D eigenvalue weighted by molar-refractivity contribution is -0.205. The van der Waals surface area contributed by atoms with Gasteiger partial charge in [0, 0.05) is 40.4 Å². The molecule has 0 radical (unpaired) electrons. The second kappa shape index (κ2) is 11.0. The van der Waals surface area contributed by atoms with Crippen LogP contribution in [0.2, 0.25) is 0 Å². The van der Waals surface area contributed by atoms with Crippen LogP contribution in [0, 0.1) is 39.9 Å². The molecule has 3 N–H and O–H groups in total. The molecule has 5 aliphatic carbocycles. The number of amides is 1. The predicted octanol–water partition coefficient (Wildman–Crippen LogP) is 4.43. The molecule has 0 aromatic heterocycles. The molecule has 224 valence electrons. The number of rotatable bonds is 7. The molecule has 5 saturated carbocycles. The van der Waals surface area contributed by atoms with Crippen LogP contribution >= 0.6 is 11.8 Å². The van der Waals surface area contributed by atoms with Gasteiger partial charge in [0.15, 0.2) is 0 Å². The summed E-state index contributed by atoms with van der Waals surface area (Å²) in [5.41, 5.74) is -1.49. The predicted molar refractivity (Wildman–Crippen MR) is 155 cm³/mol. The SMILES string of the molecule is C=C[C@]1(C)C[C@@H](OC(=O)CS[C@@H]2C[C@H](NC(=O)C3CC3)CC[C@@H]2O)[C@]2(C)C(C)CCC3(CCC(=O)[C@H]32)[C@@H](C)[C@@H]1O. The average molecular weight is 576 g/mol. The molecule has 5 aliphatic rings. The minimum atomic E-state index is -0.688. The zero-order valence-electron chi connectivity index (χ0n) is 24.7. The van der Waals surface area contributed by atoms with Crippen molar-refractivity contribution in [3.05, 3.63) is 12.7 Å². The van der Waals surface area contributed by atoms with E-state index in [1.54, 1.807) is 0 Å². The minimum Gasteiger partial charge on any atom is -0.461 e. The van der Waals surface area contributed by atoms with E-state index in [9.17, 15) is 24.6 Å². The molecule has 0 aromatic rings. The summed E-state index contributed by atoms with van der Waals surface area (Å²) < 4.78 is 6.36. The van der Waals surface area contributed by atoms with Crippen molar-refractivity contribution in [2.45, 2.75) is 122 Å². The van der Waals surface area contributed by atoms with Gasteiger partial charge in [-0.1, -0.05) is 33.8 Å². The Hall–Kier alpha value is -1.38. The standard InChI is InChI=1S/C32H49NO6S/c1-6-30(4)16-25(31(5)18(2)11-13-32(19(3)28(30)37)14-12-23(35)27(31)32)39-26(36)17-40-24-15-21(9-10-22(24)34)33-29(38)20-7-8-20/h6,18-22,24-25,27-28,34,37H,1,7-17H2,2-5H3,(H,33,38)/t18?,19-,21+,22-,24+,25+,27-,28-,30+,31-,32?/m0/s1. The van der Waals surface area contributed by atoms with Crippen LogP contribution in [0.3, 0.4) is 0 Å². The molecule has 0 aliphatic heterocycles. The Morgan fingerprint density at radius 3 is 2.52 bits per heavy atom. The maximum atomic E-state index is 13.6. The van der Waals surface area contributed by atoms with E-state index in [2.05, 4.69) is 32.7 Å². The van der Waals surface area contributed by atoms with E-state index < -0.39 is 29.1 Å². The topological polar surface area (TPSA) is 113 Å². The molecular formula is C32H49NO6S. The van der Waals surface area contributed by atoms with Gasteiger partial charge in [0.1, 0.15) is 11.9 Å². The molecule has 5 rings (SSSR count). The largest absolute Gasteiger partial charge is 0.461 e. The van der Waals surface area contributed by atoms with Gasteiger partial charge >= 0.3 is 5.97 Å². The second-order valence-corrected chi connectivity index (χ2v) is 15.5. The van der Waals surface area contributed by atoms with Crippen molar-refractivity contribution in [2.24, 2.45) is 39.9 Å². The summed E-state index contributed by atoms with van der Waals surface area (Å²) in [7, 11) is 0. The van der Waals surface area contributed by atoms with Gasteiger partial charge in [0.05, 0.1) is 18.0 Å². The number of aliphatic hydroxyl groups excluding tert-OH is 2. The van der Waals surface area contributed by atoms with Gasteiger partial charge < -0.3 is 20.3 Å². The van der Waals surface area contributed by atoms with Crippen molar-refractivity contribution in [3.63, 3.8) is 0 Å². The maximum Gasteiger partial charge on any atom is 0.316 e. The molecule has 7 nitrogen and oxygen atoms in total. The molecule has 11 atom stereocenters. The quantitative estimate of drug-likeness (QED) is 0.304. The fourth-order valence-electron chi connectivity index (χ4n) is 8.96. The van der Waals surface area contributed by atoms with Crippen molar-refractivity contribution in [1.29, 1.82) is 0 Å². The summed E-state index contributed by atoms with van der Waals surface area (Å²) in [5, 5.41) is 25.3. The second-order valence-electron chi connectivity index (χ2n) is 14.3. The number of Topliss-reactive ketones (excluding diaryl/α,β-unsaturated/α-hetero) is 1. The summed E-state index contributed by atoms with van der Waals surface area (Å²) in [4.78, 5) is 39.3. The van der Waals surface area contributed by atoms with Gasteiger partial charge in [-0.25, -0.2) is 0 Å². The summed E-state index contributed by atoms with van der Waals surface area (Å²) in [6, 6.07) is 0.0240. The molecule has 40 heavy (non-hydrogen) atoms. The fraction of sp³-hybridized carbons (Fsp3) is 0.844. The van der Waals surface area contributed by atoms with Gasteiger partial charge in [-0.2, -0.15) is 0 Å². The number of nitrogens with one attached hydrogen (secondary N) is 1. The van der Waals surface area contributed by atoms with Gasteiger partial charge in [0.25, 0.3) is 0 Å². The Balaban J connectivity index is 1.33.